The molecule has 1 amide bonds. The SMILES string of the molecule is O=C([C@@H](O)C1CC1)N1CC(C2C=C(F)C=CC2F)=C[C@H]1c1ccccc1. The summed E-state index contributed by atoms with van der Waals surface area (Å²) in [4.78, 5) is 14.4. The molecule has 3 nitrogen and oxygen atoms in total. The summed E-state index contributed by atoms with van der Waals surface area (Å²) < 4.78 is 28.0. The summed E-state index contributed by atoms with van der Waals surface area (Å²) in [5, 5.41) is 10.3. The molecule has 4 rings (SSSR count). The van der Waals surface area contributed by atoms with Crippen molar-refractivity contribution in [3.63, 3.8) is 0 Å². The molecule has 2 aliphatic carbocycles. The maximum Gasteiger partial charge on any atom is 0.252 e. The van der Waals surface area contributed by atoms with Gasteiger partial charge in [-0.2, -0.15) is 0 Å². The summed E-state index contributed by atoms with van der Waals surface area (Å²) in [5.41, 5.74) is 1.56. The van der Waals surface area contributed by atoms with Gasteiger partial charge in [0.1, 0.15) is 18.1 Å². The van der Waals surface area contributed by atoms with Crippen molar-refractivity contribution >= 4 is 5.91 Å². The van der Waals surface area contributed by atoms with Gasteiger partial charge >= 0.3 is 0 Å². The van der Waals surface area contributed by atoms with Gasteiger partial charge in [-0.15, -0.1) is 0 Å². The second kappa shape index (κ2) is 6.80. The highest BCUT2D eigenvalue weighted by Crippen LogP contribution is 2.40. The Hall–Kier alpha value is -2.27. The Morgan fingerprint density at radius 2 is 1.92 bits per heavy atom. The molecule has 0 spiro atoms. The molecular formula is C21H21F2NO2. The first-order chi connectivity index (χ1) is 12.5. The fourth-order valence-electron chi connectivity index (χ4n) is 3.72. The first kappa shape index (κ1) is 17.2. The number of amides is 1. The fraction of sp³-hybridized carbons (Fsp3) is 0.381. The van der Waals surface area contributed by atoms with E-state index in [1.807, 2.05) is 36.4 Å². The fourth-order valence-corrected chi connectivity index (χ4v) is 3.72. The molecule has 0 saturated heterocycles. The molecule has 1 aromatic carbocycles. The number of rotatable bonds is 4. The van der Waals surface area contributed by atoms with Gasteiger partial charge in [-0.25, -0.2) is 8.78 Å². The standard InChI is InChI=1S/C21H21F2NO2/c22-16-8-9-18(23)17(11-16)15-10-19(13-4-2-1-3-5-13)24(12-15)21(26)20(25)14-6-7-14/h1-5,8-11,14,17-20,25H,6-7,12H2/t17?,18?,19-,20-/m0/s1. The monoisotopic (exact) mass is 357 g/mol. The minimum absolute atomic E-state index is 0.0202. The Morgan fingerprint density at radius 3 is 2.62 bits per heavy atom. The number of alkyl halides is 1. The average Bonchev–Trinajstić information content (AvgIpc) is 3.41. The molecule has 1 aliphatic heterocycles. The molecular weight excluding hydrogens is 336 g/mol. The second-order valence-electron chi connectivity index (χ2n) is 7.23. The van der Waals surface area contributed by atoms with Crippen molar-refractivity contribution in [2.75, 3.05) is 6.54 Å². The second-order valence-corrected chi connectivity index (χ2v) is 7.23. The van der Waals surface area contributed by atoms with Crippen LogP contribution in [-0.2, 0) is 4.79 Å². The zero-order valence-electron chi connectivity index (χ0n) is 14.3. The van der Waals surface area contributed by atoms with E-state index in [9.17, 15) is 18.7 Å². The number of halogens is 2. The van der Waals surface area contributed by atoms with Gasteiger partial charge in [0.05, 0.1) is 6.04 Å². The molecule has 1 heterocycles. The maximum absolute atomic E-state index is 14.3. The van der Waals surface area contributed by atoms with Crippen LogP contribution in [0.4, 0.5) is 8.78 Å². The molecule has 0 radical (unpaired) electrons. The zero-order chi connectivity index (χ0) is 18.3. The Balaban J connectivity index is 1.64. The van der Waals surface area contributed by atoms with E-state index < -0.39 is 24.0 Å². The molecule has 4 atom stereocenters. The van der Waals surface area contributed by atoms with Gasteiger partial charge in [-0.05, 0) is 48.1 Å². The van der Waals surface area contributed by atoms with Gasteiger partial charge in [0.25, 0.3) is 5.91 Å². The first-order valence-corrected chi connectivity index (χ1v) is 8.98. The molecule has 1 N–H and O–H groups in total. The zero-order valence-corrected chi connectivity index (χ0v) is 14.3. The summed E-state index contributed by atoms with van der Waals surface area (Å²) >= 11 is 0. The Morgan fingerprint density at radius 1 is 1.19 bits per heavy atom. The molecule has 26 heavy (non-hydrogen) atoms. The lowest BCUT2D eigenvalue weighted by Gasteiger charge is -2.28. The van der Waals surface area contributed by atoms with Crippen LogP contribution in [0.3, 0.4) is 0 Å². The van der Waals surface area contributed by atoms with Gasteiger partial charge in [0.2, 0.25) is 0 Å². The van der Waals surface area contributed by atoms with Gasteiger partial charge in [-0.1, -0.05) is 36.4 Å². The van der Waals surface area contributed by atoms with Crippen LogP contribution in [0, 0.1) is 11.8 Å². The lowest BCUT2D eigenvalue weighted by molar-refractivity contribution is -0.141. The summed E-state index contributed by atoms with van der Waals surface area (Å²) in [6.07, 6.45) is 4.81. The minimum atomic E-state index is -1.32. The van der Waals surface area contributed by atoms with E-state index >= 15 is 0 Å². The van der Waals surface area contributed by atoms with Crippen LogP contribution in [0.5, 0.6) is 0 Å². The average molecular weight is 357 g/mol. The van der Waals surface area contributed by atoms with Crippen LogP contribution in [0.2, 0.25) is 0 Å². The van der Waals surface area contributed by atoms with Crippen LogP contribution in [0.15, 0.2) is 66.0 Å². The molecule has 0 aromatic heterocycles. The molecule has 1 saturated carbocycles. The largest absolute Gasteiger partial charge is 0.383 e. The number of carbonyl (C=O) groups is 1. The predicted octanol–water partition coefficient (Wildman–Crippen LogP) is 3.64. The van der Waals surface area contributed by atoms with Crippen molar-refractivity contribution in [2.45, 2.75) is 31.2 Å². The van der Waals surface area contributed by atoms with E-state index in [2.05, 4.69) is 0 Å². The van der Waals surface area contributed by atoms with Crippen LogP contribution in [0.25, 0.3) is 0 Å². The van der Waals surface area contributed by atoms with Gasteiger partial charge in [0, 0.05) is 12.5 Å². The number of carbonyl (C=O) groups excluding carboxylic acids is 1. The third kappa shape index (κ3) is 3.23. The number of hydrogen-bond acceptors (Lipinski definition) is 2. The van der Waals surface area contributed by atoms with E-state index in [1.165, 1.54) is 12.2 Å². The lowest BCUT2D eigenvalue weighted by atomic mass is 9.90. The normalized spacial score (nSPS) is 29.3. The van der Waals surface area contributed by atoms with Crippen molar-refractivity contribution < 1.29 is 18.7 Å². The van der Waals surface area contributed by atoms with Crippen molar-refractivity contribution in [1.82, 2.24) is 4.90 Å². The van der Waals surface area contributed by atoms with Gasteiger partial charge in [0.15, 0.2) is 0 Å². The Kier molecular flexibility index (Phi) is 4.49. The number of nitrogens with zero attached hydrogens (tertiary/aromatic N) is 1. The van der Waals surface area contributed by atoms with Crippen LogP contribution in [0.1, 0.15) is 24.4 Å². The first-order valence-electron chi connectivity index (χ1n) is 8.98. The Bertz CT molecular complexity index is 782. The van der Waals surface area contributed by atoms with E-state index in [-0.39, 0.29) is 24.4 Å². The van der Waals surface area contributed by atoms with Crippen molar-refractivity contribution in [2.24, 2.45) is 11.8 Å². The van der Waals surface area contributed by atoms with Crippen LogP contribution >= 0.6 is 0 Å². The summed E-state index contributed by atoms with van der Waals surface area (Å²) in [6, 6.07) is 9.07. The van der Waals surface area contributed by atoms with Crippen LogP contribution < -0.4 is 0 Å². The van der Waals surface area contributed by atoms with Crippen molar-refractivity contribution in [3.05, 3.63) is 71.6 Å². The summed E-state index contributed by atoms with van der Waals surface area (Å²) in [5.74, 6) is -1.50. The highest BCUT2D eigenvalue weighted by molar-refractivity contribution is 5.83. The van der Waals surface area contributed by atoms with E-state index in [4.69, 9.17) is 0 Å². The number of benzene rings is 1. The molecule has 136 valence electrons. The molecule has 1 fully saturated rings. The van der Waals surface area contributed by atoms with Crippen molar-refractivity contribution in [3.8, 4) is 0 Å². The molecule has 5 heteroatoms. The molecule has 2 unspecified atom stereocenters. The third-order valence-electron chi connectivity index (χ3n) is 5.36. The molecule has 3 aliphatic rings. The summed E-state index contributed by atoms with van der Waals surface area (Å²) in [7, 11) is 0. The third-order valence-corrected chi connectivity index (χ3v) is 5.36. The number of aliphatic hydroxyl groups is 1. The Labute approximate surface area is 151 Å². The lowest BCUT2D eigenvalue weighted by Crippen LogP contribution is -2.41. The van der Waals surface area contributed by atoms with E-state index in [1.54, 1.807) is 4.90 Å². The highest BCUT2D eigenvalue weighted by Gasteiger charge is 2.42. The van der Waals surface area contributed by atoms with E-state index in [0.717, 1.165) is 24.5 Å². The number of hydrogen-bond donors (Lipinski definition) is 1. The number of aliphatic hydroxyl groups excluding tert-OH is 1. The quantitative estimate of drug-likeness (QED) is 0.836. The molecule has 1 aromatic rings. The maximum atomic E-state index is 14.3. The number of allylic oxidation sites excluding steroid dienone is 4. The smallest absolute Gasteiger partial charge is 0.252 e. The summed E-state index contributed by atoms with van der Waals surface area (Å²) in [6.45, 7) is 0.199. The molecule has 0 bridgehead atoms. The van der Waals surface area contributed by atoms with E-state index in [0.29, 0.717) is 5.57 Å². The predicted molar refractivity (Wildman–Crippen MR) is 94.4 cm³/mol. The highest BCUT2D eigenvalue weighted by atomic mass is 19.1. The minimum Gasteiger partial charge on any atom is -0.383 e. The van der Waals surface area contributed by atoms with Gasteiger partial charge in [-0.3, -0.25) is 4.79 Å². The topological polar surface area (TPSA) is 40.5 Å². The van der Waals surface area contributed by atoms with Gasteiger partial charge < -0.3 is 10.0 Å². The van der Waals surface area contributed by atoms with Crippen molar-refractivity contribution in [1.29, 1.82) is 0 Å². The van der Waals surface area contributed by atoms with Crippen LogP contribution in [-0.4, -0.2) is 34.7 Å².